The third-order valence-corrected chi connectivity index (χ3v) is 4.66. The maximum absolute atomic E-state index is 11.5. The van der Waals surface area contributed by atoms with E-state index in [2.05, 4.69) is 0 Å². The minimum Gasteiger partial charge on any atom is -0.489 e. The van der Waals surface area contributed by atoms with Crippen molar-refractivity contribution in [1.29, 1.82) is 0 Å². The van der Waals surface area contributed by atoms with Crippen molar-refractivity contribution >= 4 is 23.5 Å². The van der Waals surface area contributed by atoms with Gasteiger partial charge in [-0.3, -0.25) is 4.79 Å². The van der Waals surface area contributed by atoms with Crippen molar-refractivity contribution in [3.63, 3.8) is 0 Å². The summed E-state index contributed by atoms with van der Waals surface area (Å²) in [5.41, 5.74) is 2.74. The molecule has 0 saturated carbocycles. The molecule has 150 valence electrons. The first-order valence-electron chi connectivity index (χ1n) is 9.05. The Balaban J connectivity index is 1.69. The smallest absolute Gasteiger partial charge is 0.352 e. The highest BCUT2D eigenvalue weighted by atomic mass is 35.5. The van der Waals surface area contributed by atoms with E-state index in [1.165, 1.54) is 0 Å². The maximum Gasteiger partial charge on any atom is 0.352 e. The van der Waals surface area contributed by atoms with E-state index in [9.17, 15) is 14.7 Å². The Morgan fingerprint density at radius 1 is 0.966 bits per heavy atom. The molecule has 0 aliphatic rings. The van der Waals surface area contributed by atoms with Crippen LogP contribution in [0.1, 0.15) is 28.9 Å². The van der Waals surface area contributed by atoms with E-state index >= 15 is 0 Å². The fraction of sp³-hybridized carbons (Fsp3) is 0.182. The van der Waals surface area contributed by atoms with Crippen LogP contribution in [-0.4, -0.2) is 26.7 Å². The molecule has 1 heterocycles. The van der Waals surface area contributed by atoms with E-state index in [1.807, 2.05) is 48.5 Å². The lowest BCUT2D eigenvalue weighted by Crippen LogP contribution is -2.08. The molecular weight excluding hydrogens is 394 g/mol. The average Bonchev–Trinajstić information content (AvgIpc) is 3.12. The lowest BCUT2D eigenvalue weighted by molar-refractivity contribution is -0.137. The highest BCUT2D eigenvalue weighted by Crippen LogP contribution is 2.25. The number of aryl methyl sites for hydroxylation is 1. The molecule has 2 aromatic carbocycles. The van der Waals surface area contributed by atoms with Crippen LogP contribution in [0, 0.1) is 0 Å². The number of carboxylic acid groups (broad SMARTS) is 2. The molecule has 0 aliphatic heterocycles. The number of hydrogen-bond donors (Lipinski definition) is 2. The van der Waals surface area contributed by atoms with Crippen molar-refractivity contribution in [2.45, 2.75) is 26.0 Å². The number of aromatic carboxylic acids is 1. The summed E-state index contributed by atoms with van der Waals surface area (Å²) in [6.45, 7) is 0.746. The summed E-state index contributed by atoms with van der Waals surface area (Å²) in [4.78, 5) is 22.2. The fourth-order valence-electron chi connectivity index (χ4n) is 2.92. The lowest BCUT2D eigenvalue weighted by atomic mass is 10.1. The van der Waals surface area contributed by atoms with Gasteiger partial charge in [-0.1, -0.05) is 35.9 Å². The first-order valence-corrected chi connectivity index (χ1v) is 9.43. The van der Waals surface area contributed by atoms with Gasteiger partial charge in [0.2, 0.25) is 0 Å². The predicted octanol–water partition coefficient (Wildman–Crippen LogP) is 4.95. The molecule has 6 nitrogen and oxygen atoms in total. The lowest BCUT2D eigenvalue weighted by Gasteiger charge is -2.07. The average molecular weight is 414 g/mol. The second-order valence-corrected chi connectivity index (χ2v) is 6.99. The molecule has 1 aromatic heterocycles. The number of hydrogen-bond acceptors (Lipinski definition) is 3. The normalized spacial score (nSPS) is 10.7. The number of nitrogens with zero attached hydrogens (tertiary/aromatic N) is 1. The van der Waals surface area contributed by atoms with Crippen LogP contribution in [0.3, 0.4) is 0 Å². The largest absolute Gasteiger partial charge is 0.489 e. The molecule has 3 rings (SSSR count). The molecule has 0 spiro atoms. The first-order chi connectivity index (χ1) is 13.9. The summed E-state index contributed by atoms with van der Waals surface area (Å²) < 4.78 is 7.34. The van der Waals surface area contributed by atoms with Crippen molar-refractivity contribution < 1.29 is 24.5 Å². The molecule has 0 aliphatic carbocycles. The highest BCUT2D eigenvalue weighted by Gasteiger charge is 2.14. The highest BCUT2D eigenvalue weighted by molar-refractivity contribution is 6.30. The van der Waals surface area contributed by atoms with Gasteiger partial charge in [0.25, 0.3) is 0 Å². The quantitative estimate of drug-likeness (QED) is 0.518. The molecule has 0 unspecified atom stereocenters. The van der Waals surface area contributed by atoms with E-state index in [0.29, 0.717) is 30.3 Å². The molecule has 0 radical (unpaired) electrons. The van der Waals surface area contributed by atoms with Crippen LogP contribution < -0.4 is 4.74 Å². The van der Waals surface area contributed by atoms with Gasteiger partial charge in [0.05, 0.1) is 0 Å². The number of carbonyl (C=O) groups is 2. The third-order valence-electron chi connectivity index (χ3n) is 4.41. The van der Waals surface area contributed by atoms with Crippen LogP contribution in [-0.2, 0) is 17.9 Å². The Morgan fingerprint density at radius 3 is 2.28 bits per heavy atom. The Kier molecular flexibility index (Phi) is 6.57. The zero-order valence-corrected chi connectivity index (χ0v) is 16.3. The Hall–Kier alpha value is -3.25. The van der Waals surface area contributed by atoms with Crippen molar-refractivity contribution in [3.05, 3.63) is 77.1 Å². The molecule has 2 N–H and O–H groups in total. The second kappa shape index (κ2) is 9.30. The van der Waals surface area contributed by atoms with Gasteiger partial charge in [0.1, 0.15) is 18.1 Å². The Morgan fingerprint density at radius 2 is 1.66 bits per heavy atom. The summed E-state index contributed by atoms with van der Waals surface area (Å²) in [5, 5.41) is 18.8. The van der Waals surface area contributed by atoms with Crippen molar-refractivity contribution in [1.82, 2.24) is 4.57 Å². The molecule has 0 saturated heterocycles. The Bertz CT molecular complexity index is 993. The predicted molar refractivity (Wildman–Crippen MR) is 109 cm³/mol. The van der Waals surface area contributed by atoms with Gasteiger partial charge in [-0.25, -0.2) is 4.79 Å². The topological polar surface area (TPSA) is 88.8 Å². The fourth-order valence-corrected chi connectivity index (χ4v) is 3.05. The zero-order valence-electron chi connectivity index (χ0n) is 15.5. The monoisotopic (exact) mass is 413 g/mol. The molecule has 0 bridgehead atoms. The van der Waals surface area contributed by atoms with Gasteiger partial charge >= 0.3 is 11.9 Å². The van der Waals surface area contributed by atoms with E-state index in [-0.39, 0.29) is 12.1 Å². The molecule has 0 amide bonds. The number of ether oxygens (including phenoxy) is 1. The number of aliphatic carboxylic acids is 1. The van der Waals surface area contributed by atoms with Crippen LogP contribution in [0.5, 0.6) is 5.75 Å². The molecule has 0 atom stereocenters. The molecule has 3 aromatic rings. The van der Waals surface area contributed by atoms with Gasteiger partial charge in [-0.15, -0.1) is 0 Å². The number of halogens is 1. The number of rotatable bonds is 9. The molecular formula is C22H20ClNO5. The van der Waals surface area contributed by atoms with E-state index in [1.54, 1.807) is 16.8 Å². The third kappa shape index (κ3) is 5.62. The molecule has 29 heavy (non-hydrogen) atoms. The van der Waals surface area contributed by atoms with Crippen LogP contribution in [0.25, 0.3) is 11.1 Å². The van der Waals surface area contributed by atoms with Crippen LogP contribution in [0.2, 0.25) is 5.02 Å². The van der Waals surface area contributed by atoms with E-state index in [4.69, 9.17) is 21.4 Å². The minimum atomic E-state index is -1.05. The maximum atomic E-state index is 11.5. The molecule has 0 fully saturated rings. The SMILES string of the molecule is O=C(O)CCCn1cc(-c2ccc(OCc3ccc(Cl)cc3)cc2)cc1C(=O)O. The summed E-state index contributed by atoms with van der Waals surface area (Å²) in [6, 6.07) is 16.4. The van der Waals surface area contributed by atoms with E-state index < -0.39 is 11.9 Å². The van der Waals surface area contributed by atoms with Crippen molar-refractivity contribution in [2.24, 2.45) is 0 Å². The van der Waals surface area contributed by atoms with Crippen LogP contribution in [0.4, 0.5) is 0 Å². The number of carboxylic acids is 2. The Labute approximate surface area is 172 Å². The number of aromatic nitrogens is 1. The summed E-state index contributed by atoms with van der Waals surface area (Å²) in [6.07, 6.45) is 2.09. The van der Waals surface area contributed by atoms with Crippen LogP contribution in [0.15, 0.2) is 60.8 Å². The summed E-state index contributed by atoms with van der Waals surface area (Å²) >= 11 is 5.87. The summed E-state index contributed by atoms with van der Waals surface area (Å²) in [5.74, 6) is -1.25. The van der Waals surface area contributed by atoms with Crippen LogP contribution >= 0.6 is 11.6 Å². The molecule has 7 heteroatoms. The van der Waals surface area contributed by atoms with Gasteiger partial charge < -0.3 is 19.5 Å². The first kappa shape index (κ1) is 20.5. The minimum absolute atomic E-state index is 0.00771. The van der Waals surface area contributed by atoms with Gasteiger partial charge in [-0.2, -0.15) is 0 Å². The standard InChI is InChI=1S/C22H20ClNO5/c23-18-7-3-15(4-8-18)14-29-19-9-5-16(6-10-19)17-12-20(22(27)28)24(13-17)11-1-2-21(25)26/h3-10,12-13H,1-2,11,14H2,(H,25,26)(H,27,28). The number of benzene rings is 2. The van der Waals surface area contributed by atoms with Gasteiger partial charge in [0.15, 0.2) is 0 Å². The zero-order chi connectivity index (χ0) is 20.8. The summed E-state index contributed by atoms with van der Waals surface area (Å²) in [7, 11) is 0. The van der Waals surface area contributed by atoms with Gasteiger partial charge in [-0.05, 0) is 47.9 Å². The second-order valence-electron chi connectivity index (χ2n) is 6.55. The van der Waals surface area contributed by atoms with Gasteiger partial charge in [0, 0.05) is 29.7 Å². The van der Waals surface area contributed by atoms with Crippen molar-refractivity contribution in [3.8, 4) is 16.9 Å². The van der Waals surface area contributed by atoms with E-state index in [0.717, 1.165) is 16.7 Å². The van der Waals surface area contributed by atoms with Crippen molar-refractivity contribution in [2.75, 3.05) is 0 Å².